The van der Waals surface area contributed by atoms with Crippen molar-refractivity contribution in [3.63, 3.8) is 0 Å². The monoisotopic (exact) mass is 321 g/mol. The summed E-state index contributed by atoms with van der Waals surface area (Å²) in [6, 6.07) is 15.3. The molecule has 0 atom stereocenters. The highest BCUT2D eigenvalue weighted by atomic mass is 32.1. The van der Waals surface area contributed by atoms with Crippen molar-refractivity contribution in [3.8, 4) is 11.4 Å². The summed E-state index contributed by atoms with van der Waals surface area (Å²) in [4.78, 5) is 20.0. The Balaban J connectivity index is 1.73. The SMILES string of the molecule is O=C(Nc1ccccc1-c1nc2ccccc2[nH]1)c1csnn1. The standard InChI is InChI=1S/C16H11N5OS/c22-16(14-9-23-21-20-14)19-11-6-2-1-5-10(11)15-17-12-7-3-4-8-13(12)18-15/h1-9H,(H,17,18)(H,19,22). The fraction of sp³-hybridized carbons (Fsp3) is 0. The highest BCUT2D eigenvalue weighted by Crippen LogP contribution is 2.27. The predicted molar refractivity (Wildman–Crippen MR) is 89.4 cm³/mol. The molecule has 1 amide bonds. The number of aromatic nitrogens is 4. The molecule has 4 aromatic rings. The molecule has 0 aliphatic heterocycles. The van der Waals surface area contributed by atoms with Crippen LogP contribution in [0.1, 0.15) is 10.5 Å². The van der Waals surface area contributed by atoms with E-state index in [1.807, 2.05) is 48.5 Å². The summed E-state index contributed by atoms with van der Waals surface area (Å²) in [6.45, 7) is 0. The fourth-order valence-electron chi connectivity index (χ4n) is 2.33. The molecule has 2 aromatic carbocycles. The van der Waals surface area contributed by atoms with Crippen molar-refractivity contribution in [1.29, 1.82) is 0 Å². The lowest BCUT2D eigenvalue weighted by atomic mass is 10.1. The van der Waals surface area contributed by atoms with Crippen LogP contribution in [-0.4, -0.2) is 25.5 Å². The number of benzene rings is 2. The molecular weight excluding hydrogens is 310 g/mol. The Morgan fingerprint density at radius 2 is 1.91 bits per heavy atom. The highest BCUT2D eigenvalue weighted by Gasteiger charge is 2.14. The number of amides is 1. The number of fused-ring (bicyclic) bond motifs is 1. The molecule has 6 nitrogen and oxygen atoms in total. The van der Waals surface area contributed by atoms with Crippen LogP contribution in [0.5, 0.6) is 0 Å². The first-order valence-electron chi connectivity index (χ1n) is 6.94. The number of H-pyrrole nitrogens is 1. The number of hydrogen-bond acceptors (Lipinski definition) is 5. The van der Waals surface area contributed by atoms with Gasteiger partial charge in [0.05, 0.1) is 16.7 Å². The molecule has 112 valence electrons. The lowest BCUT2D eigenvalue weighted by molar-refractivity contribution is 0.102. The Morgan fingerprint density at radius 1 is 1.09 bits per heavy atom. The molecule has 2 aromatic heterocycles. The molecule has 0 aliphatic rings. The van der Waals surface area contributed by atoms with Gasteiger partial charge in [0.2, 0.25) is 0 Å². The summed E-state index contributed by atoms with van der Waals surface area (Å²) in [7, 11) is 0. The highest BCUT2D eigenvalue weighted by molar-refractivity contribution is 7.03. The molecule has 0 aliphatic carbocycles. The van der Waals surface area contributed by atoms with Crippen LogP contribution >= 0.6 is 11.5 Å². The molecule has 23 heavy (non-hydrogen) atoms. The van der Waals surface area contributed by atoms with Gasteiger partial charge in [0.1, 0.15) is 5.82 Å². The Bertz CT molecular complexity index is 944. The van der Waals surface area contributed by atoms with E-state index in [9.17, 15) is 4.79 Å². The smallest absolute Gasteiger partial charge is 0.277 e. The zero-order valence-electron chi connectivity index (χ0n) is 11.9. The van der Waals surface area contributed by atoms with Crippen LogP contribution in [0, 0.1) is 0 Å². The molecule has 7 heteroatoms. The van der Waals surface area contributed by atoms with E-state index in [4.69, 9.17) is 0 Å². The van der Waals surface area contributed by atoms with E-state index in [1.54, 1.807) is 5.38 Å². The maximum Gasteiger partial charge on any atom is 0.277 e. The van der Waals surface area contributed by atoms with Crippen molar-refractivity contribution in [2.75, 3.05) is 5.32 Å². The van der Waals surface area contributed by atoms with Gasteiger partial charge in [-0.2, -0.15) is 0 Å². The third-order valence-electron chi connectivity index (χ3n) is 3.41. The van der Waals surface area contributed by atoms with E-state index in [2.05, 4.69) is 24.9 Å². The largest absolute Gasteiger partial charge is 0.338 e. The number of para-hydroxylation sites is 3. The molecule has 2 heterocycles. The average Bonchev–Trinajstić information content (AvgIpc) is 3.25. The van der Waals surface area contributed by atoms with Crippen LogP contribution < -0.4 is 5.32 Å². The zero-order chi connectivity index (χ0) is 15.6. The lowest BCUT2D eigenvalue weighted by Crippen LogP contribution is -2.13. The molecule has 0 spiro atoms. The second kappa shape index (κ2) is 5.62. The molecule has 0 saturated carbocycles. The number of imidazole rings is 1. The quantitative estimate of drug-likeness (QED) is 0.606. The second-order valence-electron chi connectivity index (χ2n) is 4.89. The minimum absolute atomic E-state index is 0.290. The Labute approximate surface area is 135 Å². The fourth-order valence-corrected chi connectivity index (χ4v) is 2.77. The molecule has 0 unspecified atom stereocenters. The predicted octanol–water partition coefficient (Wildman–Crippen LogP) is 3.33. The van der Waals surface area contributed by atoms with Crippen molar-refractivity contribution in [2.45, 2.75) is 0 Å². The normalized spacial score (nSPS) is 10.8. The van der Waals surface area contributed by atoms with Crippen LogP contribution in [0.4, 0.5) is 5.69 Å². The maximum atomic E-state index is 12.2. The summed E-state index contributed by atoms with van der Waals surface area (Å²) in [6.07, 6.45) is 0. The van der Waals surface area contributed by atoms with Gasteiger partial charge in [0, 0.05) is 10.9 Å². The van der Waals surface area contributed by atoms with Crippen LogP contribution in [0.15, 0.2) is 53.9 Å². The van der Waals surface area contributed by atoms with E-state index < -0.39 is 0 Å². The van der Waals surface area contributed by atoms with Crippen LogP contribution in [0.3, 0.4) is 0 Å². The Morgan fingerprint density at radius 3 is 2.74 bits per heavy atom. The molecular formula is C16H11N5OS. The minimum atomic E-state index is -0.290. The molecule has 0 bridgehead atoms. The van der Waals surface area contributed by atoms with Gasteiger partial charge in [-0.25, -0.2) is 4.98 Å². The molecule has 0 saturated heterocycles. The van der Waals surface area contributed by atoms with Crippen LogP contribution in [0.25, 0.3) is 22.4 Å². The summed E-state index contributed by atoms with van der Waals surface area (Å²) >= 11 is 1.14. The number of carbonyl (C=O) groups excluding carboxylic acids is 1. The number of rotatable bonds is 3. The van der Waals surface area contributed by atoms with Gasteiger partial charge in [0.15, 0.2) is 5.69 Å². The average molecular weight is 321 g/mol. The lowest BCUT2D eigenvalue weighted by Gasteiger charge is -2.08. The minimum Gasteiger partial charge on any atom is -0.338 e. The van der Waals surface area contributed by atoms with Gasteiger partial charge in [-0.3, -0.25) is 4.79 Å². The van der Waals surface area contributed by atoms with Crippen molar-refractivity contribution >= 4 is 34.2 Å². The van der Waals surface area contributed by atoms with Crippen molar-refractivity contribution in [1.82, 2.24) is 19.6 Å². The molecule has 0 fully saturated rings. The third-order valence-corrected chi connectivity index (χ3v) is 3.92. The molecule has 2 N–H and O–H groups in total. The van der Waals surface area contributed by atoms with Crippen LogP contribution in [-0.2, 0) is 0 Å². The molecule has 0 radical (unpaired) electrons. The van der Waals surface area contributed by atoms with Gasteiger partial charge in [-0.05, 0) is 35.8 Å². The van der Waals surface area contributed by atoms with E-state index in [1.165, 1.54) is 0 Å². The van der Waals surface area contributed by atoms with E-state index in [-0.39, 0.29) is 5.91 Å². The number of anilines is 1. The third kappa shape index (κ3) is 2.58. The van der Waals surface area contributed by atoms with Crippen molar-refractivity contribution in [3.05, 3.63) is 59.6 Å². The first kappa shape index (κ1) is 13.6. The van der Waals surface area contributed by atoms with Crippen LogP contribution in [0.2, 0.25) is 0 Å². The van der Waals surface area contributed by atoms with Crippen molar-refractivity contribution in [2.24, 2.45) is 0 Å². The topological polar surface area (TPSA) is 83.6 Å². The first-order valence-corrected chi connectivity index (χ1v) is 7.77. The maximum absolute atomic E-state index is 12.2. The summed E-state index contributed by atoms with van der Waals surface area (Å²) < 4.78 is 3.71. The Kier molecular flexibility index (Phi) is 3.32. The number of hydrogen-bond donors (Lipinski definition) is 2. The molecule has 4 rings (SSSR count). The summed E-state index contributed by atoms with van der Waals surface area (Å²) in [5.41, 5.74) is 3.62. The van der Waals surface area contributed by atoms with E-state index in [0.717, 1.165) is 28.1 Å². The number of nitrogens with one attached hydrogen (secondary N) is 2. The number of carbonyl (C=O) groups is 1. The van der Waals surface area contributed by atoms with Crippen molar-refractivity contribution < 1.29 is 4.79 Å². The van der Waals surface area contributed by atoms with Gasteiger partial charge < -0.3 is 10.3 Å². The summed E-state index contributed by atoms with van der Waals surface area (Å²) in [5.74, 6) is 0.417. The number of aromatic amines is 1. The van der Waals surface area contributed by atoms with E-state index in [0.29, 0.717) is 17.2 Å². The van der Waals surface area contributed by atoms with Gasteiger partial charge in [0.25, 0.3) is 5.91 Å². The summed E-state index contributed by atoms with van der Waals surface area (Å²) in [5, 5.41) is 8.25. The first-order chi connectivity index (χ1) is 11.3. The Hall–Kier alpha value is -3.06. The number of nitrogens with zero attached hydrogens (tertiary/aromatic N) is 3. The van der Waals surface area contributed by atoms with Gasteiger partial charge >= 0.3 is 0 Å². The van der Waals surface area contributed by atoms with Gasteiger partial charge in [-0.1, -0.05) is 28.8 Å². The van der Waals surface area contributed by atoms with Gasteiger partial charge in [-0.15, -0.1) is 5.10 Å². The second-order valence-corrected chi connectivity index (χ2v) is 5.50. The zero-order valence-corrected chi connectivity index (χ0v) is 12.7. The van der Waals surface area contributed by atoms with E-state index >= 15 is 0 Å².